The minimum Gasteiger partial charge on any atom is -0.391 e. The molecule has 0 saturated heterocycles. The fourth-order valence-electron chi connectivity index (χ4n) is 2.25. The van der Waals surface area contributed by atoms with Gasteiger partial charge in [-0.05, 0) is 25.2 Å². The minimum atomic E-state index is -0.553. The molecule has 1 aromatic rings. The minimum absolute atomic E-state index is 0.0707. The lowest BCUT2D eigenvalue weighted by atomic mass is 9.89. The number of carbonyl (C=O) groups excluding carboxylic acids is 1. The van der Waals surface area contributed by atoms with E-state index in [0.717, 1.165) is 23.5 Å². The van der Waals surface area contributed by atoms with Gasteiger partial charge in [-0.2, -0.15) is 5.10 Å². The van der Waals surface area contributed by atoms with Gasteiger partial charge in [-0.25, -0.2) is 0 Å². The number of amides is 1. The largest absolute Gasteiger partial charge is 0.391 e. The molecule has 0 fully saturated rings. The lowest BCUT2D eigenvalue weighted by molar-refractivity contribution is -0.121. The van der Waals surface area contributed by atoms with E-state index in [1.165, 1.54) is 0 Å². The number of aryl methyl sites for hydroxylation is 1. The topological polar surface area (TPSA) is 67.2 Å². The highest BCUT2D eigenvalue weighted by molar-refractivity contribution is 5.79. The van der Waals surface area contributed by atoms with Crippen molar-refractivity contribution in [3.8, 4) is 0 Å². The Morgan fingerprint density at radius 3 is 2.41 bits per heavy atom. The molecule has 1 aromatic heterocycles. The number of aromatic nitrogens is 2. The molecule has 1 heterocycles. The summed E-state index contributed by atoms with van der Waals surface area (Å²) in [5.74, 6) is 0.445. The fraction of sp³-hybridized carbons (Fsp3) is 0.765. The summed E-state index contributed by atoms with van der Waals surface area (Å²) in [5, 5.41) is 17.3. The van der Waals surface area contributed by atoms with Crippen LogP contribution in [-0.4, -0.2) is 33.4 Å². The molecule has 0 aromatic carbocycles. The molecule has 0 spiro atoms. The van der Waals surface area contributed by atoms with Gasteiger partial charge in [-0.3, -0.25) is 9.48 Å². The Bertz CT molecular complexity index is 513. The number of aliphatic hydroxyl groups excluding tert-OH is 1. The third-order valence-corrected chi connectivity index (χ3v) is 3.90. The molecule has 2 N–H and O–H groups in total. The van der Waals surface area contributed by atoms with Gasteiger partial charge in [0.25, 0.3) is 0 Å². The molecule has 126 valence electrons. The average Bonchev–Trinajstić information content (AvgIpc) is 2.61. The third kappa shape index (κ3) is 5.13. The second-order valence-corrected chi connectivity index (χ2v) is 7.59. The Kier molecular flexibility index (Phi) is 6.17. The van der Waals surface area contributed by atoms with E-state index < -0.39 is 6.10 Å². The van der Waals surface area contributed by atoms with Crippen molar-refractivity contribution in [2.75, 3.05) is 6.54 Å². The molecule has 0 bridgehead atoms. The zero-order chi connectivity index (χ0) is 17.1. The molecule has 1 unspecified atom stereocenters. The van der Waals surface area contributed by atoms with Crippen LogP contribution in [0.1, 0.15) is 51.6 Å². The lowest BCUT2D eigenvalue weighted by Crippen LogP contribution is -2.39. The molecule has 5 heteroatoms. The number of aliphatic hydroxyl groups is 1. The standard InChI is InChI=1S/C17H31N3O2/c1-11(2)10-20-13(4)14(12(3)19-20)8-16(22)18-9-15(21)17(5,6)7/h11,15,21H,8-10H2,1-7H3,(H,18,22). The van der Waals surface area contributed by atoms with Gasteiger partial charge < -0.3 is 10.4 Å². The van der Waals surface area contributed by atoms with Gasteiger partial charge in [0.1, 0.15) is 0 Å². The maximum Gasteiger partial charge on any atom is 0.224 e. The van der Waals surface area contributed by atoms with Crippen LogP contribution in [0.2, 0.25) is 0 Å². The average molecular weight is 309 g/mol. The Hall–Kier alpha value is -1.36. The van der Waals surface area contributed by atoms with Gasteiger partial charge in [-0.1, -0.05) is 34.6 Å². The first-order valence-electron chi connectivity index (χ1n) is 8.00. The fourth-order valence-corrected chi connectivity index (χ4v) is 2.25. The summed E-state index contributed by atoms with van der Waals surface area (Å²) < 4.78 is 1.98. The molecule has 0 saturated carbocycles. The first kappa shape index (κ1) is 18.7. The molecule has 1 rings (SSSR count). The Labute approximate surface area is 134 Å². The summed E-state index contributed by atoms with van der Waals surface area (Å²) in [5.41, 5.74) is 2.71. The molecule has 1 amide bonds. The van der Waals surface area contributed by atoms with E-state index >= 15 is 0 Å². The number of nitrogens with zero attached hydrogens (tertiary/aromatic N) is 2. The molecule has 0 aliphatic carbocycles. The number of hydrogen-bond acceptors (Lipinski definition) is 3. The lowest BCUT2D eigenvalue weighted by Gasteiger charge is -2.25. The molecular weight excluding hydrogens is 278 g/mol. The van der Waals surface area contributed by atoms with Crippen molar-refractivity contribution in [3.63, 3.8) is 0 Å². The quantitative estimate of drug-likeness (QED) is 0.847. The maximum absolute atomic E-state index is 12.1. The van der Waals surface area contributed by atoms with Crippen molar-refractivity contribution >= 4 is 5.91 Å². The van der Waals surface area contributed by atoms with Gasteiger partial charge in [0.05, 0.1) is 18.2 Å². The van der Waals surface area contributed by atoms with Crippen molar-refractivity contribution in [1.29, 1.82) is 0 Å². The van der Waals surface area contributed by atoms with Crippen LogP contribution in [-0.2, 0) is 17.8 Å². The number of rotatable bonds is 6. The Balaban J connectivity index is 2.67. The van der Waals surface area contributed by atoms with E-state index in [1.54, 1.807) is 0 Å². The van der Waals surface area contributed by atoms with Crippen LogP contribution in [0.5, 0.6) is 0 Å². The van der Waals surface area contributed by atoms with Gasteiger partial charge >= 0.3 is 0 Å². The molecular formula is C17H31N3O2. The van der Waals surface area contributed by atoms with Crippen LogP contribution in [0.3, 0.4) is 0 Å². The van der Waals surface area contributed by atoms with Crippen molar-refractivity contribution < 1.29 is 9.90 Å². The highest BCUT2D eigenvalue weighted by Gasteiger charge is 2.23. The maximum atomic E-state index is 12.1. The number of hydrogen-bond donors (Lipinski definition) is 2. The second kappa shape index (κ2) is 7.27. The van der Waals surface area contributed by atoms with Gasteiger partial charge in [-0.15, -0.1) is 0 Å². The van der Waals surface area contributed by atoms with E-state index in [-0.39, 0.29) is 17.9 Å². The van der Waals surface area contributed by atoms with E-state index in [9.17, 15) is 9.90 Å². The monoisotopic (exact) mass is 309 g/mol. The van der Waals surface area contributed by atoms with Crippen LogP contribution in [0.4, 0.5) is 0 Å². The summed E-state index contributed by atoms with van der Waals surface area (Å²) in [6.45, 7) is 15.2. The van der Waals surface area contributed by atoms with E-state index in [1.807, 2.05) is 39.3 Å². The van der Waals surface area contributed by atoms with Crippen molar-refractivity contribution in [2.45, 2.75) is 67.5 Å². The van der Waals surface area contributed by atoms with E-state index in [4.69, 9.17) is 0 Å². The molecule has 0 radical (unpaired) electrons. The van der Waals surface area contributed by atoms with Gasteiger partial charge in [0, 0.05) is 24.3 Å². The van der Waals surface area contributed by atoms with Crippen molar-refractivity contribution in [3.05, 3.63) is 17.0 Å². The van der Waals surface area contributed by atoms with Gasteiger partial charge in [0.15, 0.2) is 0 Å². The van der Waals surface area contributed by atoms with E-state index in [2.05, 4.69) is 24.3 Å². The molecule has 22 heavy (non-hydrogen) atoms. The summed E-state index contributed by atoms with van der Waals surface area (Å²) in [4.78, 5) is 12.1. The summed E-state index contributed by atoms with van der Waals surface area (Å²) >= 11 is 0. The van der Waals surface area contributed by atoms with Crippen LogP contribution in [0.15, 0.2) is 0 Å². The predicted octanol–water partition coefficient (Wildman–Crippen LogP) is 2.22. The Morgan fingerprint density at radius 1 is 1.32 bits per heavy atom. The van der Waals surface area contributed by atoms with Crippen LogP contribution >= 0.6 is 0 Å². The summed E-state index contributed by atoms with van der Waals surface area (Å²) in [6, 6.07) is 0. The smallest absolute Gasteiger partial charge is 0.224 e. The first-order chi connectivity index (χ1) is 10.0. The van der Waals surface area contributed by atoms with E-state index in [0.29, 0.717) is 12.3 Å². The highest BCUT2D eigenvalue weighted by Crippen LogP contribution is 2.18. The molecule has 1 atom stereocenters. The van der Waals surface area contributed by atoms with Crippen molar-refractivity contribution in [2.24, 2.45) is 11.3 Å². The molecule has 0 aliphatic rings. The van der Waals surface area contributed by atoms with Crippen molar-refractivity contribution in [1.82, 2.24) is 15.1 Å². The SMILES string of the molecule is Cc1nn(CC(C)C)c(C)c1CC(=O)NCC(O)C(C)(C)C. The zero-order valence-corrected chi connectivity index (χ0v) is 15.0. The molecule has 5 nitrogen and oxygen atoms in total. The first-order valence-corrected chi connectivity index (χ1v) is 8.00. The van der Waals surface area contributed by atoms with Crippen LogP contribution in [0.25, 0.3) is 0 Å². The highest BCUT2D eigenvalue weighted by atomic mass is 16.3. The third-order valence-electron chi connectivity index (χ3n) is 3.90. The van der Waals surface area contributed by atoms with Crippen LogP contribution < -0.4 is 5.32 Å². The number of nitrogens with one attached hydrogen (secondary N) is 1. The second-order valence-electron chi connectivity index (χ2n) is 7.59. The summed E-state index contributed by atoms with van der Waals surface area (Å²) in [7, 11) is 0. The normalized spacial score (nSPS) is 13.5. The van der Waals surface area contributed by atoms with Crippen LogP contribution in [0, 0.1) is 25.2 Å². The summed E-state index contributed by atoms with van der Waals surface area (Å²) in [6.07, 6.45) is -0.241. The number of carbonyl (C=O) groups is 1. The van der Waals surface area contributed by atoms with Gasteiger partial charge in [0.2, 0.25) is 5.91 Å². The zero-order valence-electron chi connectivity index (χ0n) is 15.0. The molecule has 0 aliphatic heterocycles. The predicted molar refractivity (Wildman–Crippen MR) is 88.7 cm³/mol. The Morgan fingerprint density at radius 2 is 1.91 bits per heavy atom.